The lowest BCUT2D eigenvalue weighted by Crippen LogP contribution is -2.39. The Kier molecular flexibility index (Phi) is 4.66. The van der Waals surface area contributed by atoms with Crippen LogP contribution in [0.3, 0.4) is 0 Å². The van der Waals surface area contributed by atoms with E-state index in [1.807, 2.05) is 20.2 Å². The lowest BCUT2D eigenvalue weighted by Gasteiger charge is -2.30. The third kappa shape index (κ3) is 3.49. The molecule has 112 valence electrons. The molecule has 0 fully saturated rings. The van der Waals surface area contributed by atoms with Crippen LogP contribution in [0.2, 0.25) is 0 Å². The molecular weight excluding hydrogens is 250 g/mol. The van der Waals surface area contributed by atoms with Gasteiger partial charge in [0.1, 0.15) is 5.60 Å². The van der Waals surface area contributed by atoms with Crippen LogP contribution in [0.1, 0.15) is 39.2 Å². The molecule has 0 aromatic carbocycles. The fourth-order valence-electron chi connectivity index (χ4n) is 3.01. The van der Waals surface area contributed by atoms with Crippen LogP contribution in [0.5, 0.6) is 0 Å². The molecule has 20 heavy (non-hydrogen) atoms. The van der Waals surface area contributed by atoms with Gasteiger partial charge < -0.3 is 10.4 Å². The molecule has 3 atom stereocenters. The van der Waals surface area contributed by atoms with Crippen LogP contribution < -0.4 is 5.32 Å². The number of aryl methyl sites for hydroxylation is 1. The van der Waals surface area contributed by atoms with Crippen molar-refractivity contribution in [2.24, 2.45) is 18.9 Å². The van der Waals surface area contributed by atoms with Gasteiger partial charge >= 0.3 is 0 Å². The van der Waals surface area contributed by atoms with Gasteiger partial charge in [-0.1, -0.05) is 18.6 Å². The van der Waals surface area contributed by atoms with Gasteiger partial charge in [-0.2, -0.15) is 5.10 Å². The number of nitrogens with one attached hydrogen (secondary N) is 1. The summed E-state index contributed by atoms with van der Waals surface area (Å²) in [7, 11) is 1.87. The van der Waals surface area contributed by atoms with Crippen LogP contribution in [0.4, 0.5) is 0 Å². The summed E-state index contributed by atoms with van der Waals surface area (Å²) in [4.78, 5) is 0. The molecule has 1 aromatic rings. The van der Waals surface area contributed by atoms with Crippen molar-refractivity contribution < 1.29 is 5.11 Å². The summed E-state index contributed by atoms with van der Waals surface area (Å²) in [6.07, 6.45) is 8.43. The molecule has 4 heteroatoms. The molecule has 1 heterocycles. The summed E-state index contributed by atoms with van der Waals surface area (Å²) < 4.78 is 1.72. The Balaban J connectivity index is 1.89. The van der Waals surface area contributed by atoms with Crippen molar-refractivity contribution in [1.29, 1.82) is 0 Å². The summed E-state index contributed by atoms with van der Waals surface area (Å²) in [5, 5.41) is 18.1. The minimum Gasteiger partial charge on any atom is -0.384 e. The molecular formula is C16H27N3O. The van der Waals surface area contributed by atoms with E-state index in [0.29, 0.717) is 12.5 Å². The lowest BCUT2D eigenvalue weighted by atomic mass is 9.80. The SMILES string of the molecule is CC1=CCC[C@H](C)[C@@H]1CNC[C@@](C)(O)c1cnn(C)c1. The highest BCUT2D eigenvalue weighted by molar-refractivity contribution is 5.15. The molecule has 0 amide bonds. The van der Waals surface area contributed by atoms with Gasteiger partial charge in [0.05, 0.1) is 6.20 Å². The quantitative estimate of drug-likeness (QED) is 0.811. The second-order valence-electron chi connectivity index (χ2n) is 6.42. The molecule has 1 aliphatic rings. The normalized spacial score (nSPS) is 26.1. The van der Waals surface area contributed by atoms with Gasteiger partial charge in [-0.05, 0) is 38.5 Å². The highest BCUT2D eigenvalue weighted by Gasteiger charge is 2.26. The lowest BCUT2D eigenvalue weighted by molar-refractivity contribution is 0.0555. The number of aromatic nitrogens is 2. The third-order valence-corrected chi connectivity index (χ3v) is 4.52. The molecule has 2 N–H and O–H groups in total. The molecule has 0 aliphatic heterocycles. The number of aliphatic hydroxyl groups is 1. The minimum atomic E-state index is -0.871. The zero-order chi connectivity index (χ0) is 14.8. The monoisotopic (exact) mass is 277 g/mol. The van der Waals surface area contributed by atoms with E-state index in [1.54, 1.807) is 10.9 Å². The van der Waals surface area contributed by atoms with Crippen LogP contribution in [0.25, 0.3) is 0 Å². The largest absolute Gasteiger partial charge is 0.384 e. The summed E-state index contributed by atoms with van der Waals surface area (Å²) in [5.41, 5.74) is 1.47. The summed E-state index contributed by atoms with van der Waals surface area (Å²) in [6.45, 7) is 7.86. The smallest absolute Gasteiger partial charge is 0.102 e. The average Bonchev–Trinajstić information content (AvgIpc) is 2.80. The fourth-order valence-corrected chi connectivity index (χ4v) is 3.01. The van der Waals surface area contributed by atoms with Gasteiger partial charge in [0.15, 0.2) is 0 Å². The minimum absolute atomic E-state index is 0.551. The second kappa shape index (κ2) is 6.10. The van der Waals surface area contributed by atoms with Crippen molar-refractivity contribution in [3.05, 3.63) is 29.6 Å². The fraction of sp³-hybridized carbons (Fsp3) is 0.688. The van der Waals surface area contributed by atoms with Crippen LogP contribution >= 0.6 is 0 Å². The first-order valence-electron chi connectivity index (χ1n) is 7.49. The summed E-state index contributed by atoms with van der Waals surface area (Å²) in [6, 6.07) is 0. The maximum atomic E-state index is 10.5. The Hall–Kier alpha value is -1.13. The number of nitrogens with zero attached hydrogens (tertiary/aromatic N) is 2. The highest BCUT2D eigenvalue weighted by atomic mass is 16.3. The maximum absolute atomic E-state index is 10.5. The third-order valence-electron chi connectivity index (χ3n) is 4.52. The van der Waals surface area contributed by atoms with Crippen LogP contribution in [0.15, 0.2) is 24.0 Å². The van der Waals surface area contributed by atoms with Gasteiger partial charge in [-0.25, -0.2) is 0 Å². The summed E-state index contributed by atoms with van der Waals surface area (Å²) in [5.74, 6) is 1.31. The Bertz CT molecular complexity index is 476. The van der Waals surface area contributed by atoms with Crippen LogP contribution in [0, 0.1) is 11.8 Å². The predicted molar refractivity (Wildman–Crippen MR) is 81.3 cm³/mol. The van der Waals surface area contributed by atoms with E-state index in [4.69, 9.17) is 0 Å². The van der Waals surface area contributed by atoms with E-state index in [1.165, 1.54) is 18.4 Å². The number of rotatable bonds is 5. The van der Waals surface area contributed by atoms with E-state index < -0.39 is 5.60 Å². The molecule has 2 rings (SSSR count). The van der Waals surface area contributed by atoms with Crippen molar-refractivity contribution in [2.75, 3.05) is 13.1 Å². The van der Waals surface area contributed by atoms with Crippen LogP contribution in [-0.2, 0) is 12.6 Å². The molecule has 0 radical (unpaired) electrons. The van der Waals surface area contributed by atoms with E-state index in [2.05, 4.69) is 30.3 Å². The zero-order valence-corrected chi connectivity index (χ0v) is 13.1. The molecule has 0 spiro atoms. The van der Waals surface area contributed by atoms with Crippen molar-refractivity contribution in [3.8, 4) is 0 Å². The number of hydrogen-bond donors (Lipinski definition) is 2. The van der Waals surface area contributed by atoms with E-state index in [-0.39, 0.29) is 0 Å². The Morgan fingerprint density at radius 1 is 1.55 bits per heavy atom. The molecule has 4 nitrogen and oxygen atoms in total. The van der Waals surface area contributed by atoms with Gasteiger partial charge in [0.25, 0.3) is 0 Å². The van der Waals surface area contributed by atoms with E-state index in [9.17, 15) is 5.11 Å². The van der Waals surface area contributed by atoms with Crippen molar-refractivity contribution in [1.82, 2.24) is 15.1 Å². The first-order chi connectivity index (χ1) is 9.40. The van der Waals surface area contributed by atoms with E-state index in [0.717, 1.165) is 18.0 Å². The molecule has 0 saturated carbocycles. The van der Waals surface area contributed by atoms with Gasteiger partial charge in [-0.15, -0.1) is 0 Å². The molecule has 1 aliphatic carbocycles. The predicted octanol–water partition coefficient (Wildman–Crippen LogP) is 2.21. The number of allylic oxidation sites excluding steroid dienone is 1. The maximum Gasteiger partial charge on any atom is 0.102 e. The second-order valence-corrected chi connectivity index (χ2v) is 6.42. The Labute approximate surface area is 121 Å². The zero-order valence-electron chi connectivity index (χ0n) is 13.1. The Morgan fingerprint density at radius 3 is 2.90 bits per heavy atom. The summed E-state index contributed by atoms with van der Waals surface area (Å²) >= 11 is 0. The van der Waals surface area contributed by atoms with Crippen molar-refractivity contribution in [3.63, 3.8) is 0 Å². The highest BCUT2D eigenvalue weighted by Crippen LogP contribution is 2.29. The molecule has 1 aromatic heterocycles. The van der Waals surface area contributed by atoms with Crippen molar-refractivity contribution >= 4 is 0 Å². The Morgan fingerprint density at radius 2 is 2.30 bits per heavy atom. The molecule has 0 saturated heterocycles. The topological polar surface area (TPSA) is 50.1 Å². The number of hydrogen-bond acceptors (Lipinski definition) is 3. The van der Waals surface area contributed by atoms with Crippen LogP contribution in [-0.4, -0.2) is 28.0 Å². The first-order valence-corrected chi connectivity index (χ1v) is 7.49. The average molecular weight is 277 g/mol. The molecule has 0 unspecified atom stereocenters. The molecule has 0 bridgehead atoms. The van der Waals surface area contributed by atoms with Gasteiger partial charge in [0.2, 0.25) is 0 Å². The standard InChI is InChI=1S/C16H27N3O/c1-12-6-5-7-13(2)15(12)9-17-11-16(3,20)14-8-18-19(4)10-14/h6,8,10,13,15,17,20H,5,7,9,11H2,1-4H3/t13-,15+,16+/m0/s1. The van der Waals surface area contributed by atoms with Gasteiger partial charge in [-0.3, -0.25) is 4.68 Å². The van der Waals surface area contributed by atoms with Crippen molar-refractivity contribution in [2.45, 2.75) is 39.2 Å². The van der Waals surface area contributed by atoms with Gasteiger partial charge in [0, 0.05) is 31.9 Å². The van der Waals surface area contributed by atoms with E-state index >= 15 is 0 Å². The first kappa shape index (κ1) is 15.3.